The molecule has 8 heteroatoms. The predicted molar refractivity (Wildman–Crippen MR) is 106 cm³/mol. The van der Waals surface area contributed by atoms with Gasteiger partial charge in [0.25, 0.3) is 0 Å². The van der Waals surface area contributed by atoms with Crippen LogP contribution in [0.5, 0.6) is 5.75 Å². The van der Waals surface area contributed by atoms with Crippen LogP contribution in [-0.2, 0) is 19.7 Å². The first-order valence-corrected chi connectivity index (χ1v) is 10.9. The number of carbonyl (C=O) groups excluding carboxylic acids is 2. The zero-order valence-electron chi connectivity index (χ0n) is 14.6. The molecule has 0 aromatic heterocycles. The average Bonchev–Trinajstić information content (AvgIpc) is 2.93. The molecule has 2 aromatic rings. The molecule has 0 spiro atoms. The van der Waals surface area contributed by atoms with Gasteiger partial charge in [0.05, 0.1) is 17.5 Å². The van der Waals surface area contributed by atoms with E-state index in [-0.39, 0.29) is 34.3 Å². The van der Waals surface area contributed by atoms with Crippen LogP contribution >= 0.6 is 15.9 Å². The monoisotopic (exact) mass is 461 g/mol. The fourth-order valence-electron chi connectivity index (χ4n) is 3.51. The van der Waals surface area contributed by atoms with E-state index in [0.29, 0.717) is 18.5 Å². The van der Waals surface area contributed by atoms with Gasteiger partial charge in [-0.05, 0) is 49.2 Å². The van der Waals surface area contributed by atoms with Gasteiger partial charge >= 0.3 is 10.1 Å². The number of imide groups is 1. The molecule has 2 unspecified atom stereocenters. The van der Waals surface area contributed by atoms with Gasteiger partial charge < -0.3 is 4.18 Å². The van der Waals surface area contributed by atoms with Crippen molar-refractivity contribution in [3.8, 4) is 5.75 Å². The summed E-state index contributed by atoms with van der Waals surface area (Å²) in [5.41, 5.74) is 0.313. The van der Waals surface area contributed by atoms with E-state index >= 15 is 0 Å². The molecule has 0 saturated carbocycles. The fraction of sp³-hybridized carbons (Fsp3) is 0.200. The van der Waals surface area contributed by atoms with Crippen LogP contribution in [-0.4, -0.2) is 20.2 Å². The summed E-state index contributed by atoms with van der Waals surface area (Å²) in [5, 5.41) is 0. The second-order valence-electron chi connectivity index (χ2n) is 6.66. The summed E-state index contributed by atoms with van der Waals surface area (Å²) in [6, 6.07) is 12.1. The Morgan fingerprint density at radius 1 is 0.929 bits per heavy atom. The van der Waals surface area contributed by atoms with E-state index in [1.165, 1.54) is 24.3 Å². The Kier molecular flexibility index (Phi) is 4.84. The van der Waals surface area contributed by atoms with Crippen LogP contribution in [0, 0.1) is 11.8 Å². The van der Waals surface area contributed by atoms with Crippen LogP contribution in [0.25, 0.3) is 0 Å². The maximum Gasteiger partial charge on any atom is 0.339 e. The molecule has 1 fully saturated rings. The number of hydrogen-bond acceptors (Lipinski definition) is 5. The van der Waals surface area contributed by atoms with Crippen molar-refractivity contribution in [1.82, 2.24) is 0 Å². The van der Waals surface area contributed by atoms with E-state index in [4.69, 9.17) is 4.18 Å². The molecule has 2 amide bonds. The molecule has 1 aliphatic carbocycles. The largest absolute Gasteiger partial charge is 0.379 e. The number of amides is 2. The number of carbonyl (C=O) groups is 2. The summed E-state index contributed by atoms with van der Waals surface area (Å²) in [4.78, 5) is 26.6. The Bertz CT molecular complexity index is 1050. The van der Waals surface area contributed by atoms with Crippen LogP contribution in [0.4, 0.5) is 5.69 Å². The van der Waals surface area contributed by atoms with Gasteiger partial charge in [0, 0.05) is 10.5 Å². The summed E-state index contributed by atoms with van der Waals surface area (Å²) in [6.45, 7) is 0. The Balaban J connectivity index is 1.61. The van der Waals surface area contributed by atoms with Crippen LogP contribution in [0.15, 0.2) is 70.1 Å². The number of hydrogen-bond donors (Lipinski definition) is 0. The lowest BCUT2D eigenvalue weighted by molar-refractivity contribution is -0.122. The third-order valence-electron chi connectivity index (χ3n) is 4.89. The van der Waals surface area contributed by atoms with E-state index in [9.17, 15) is 18.0 Å². The Hall–Kier alpha value is -2.45. The molecule has 4 rings (SSSR count). The van der Waals surface area contributed by atoms with Crippen molar-refractivity contribution in [3.05, 3.63) is 65.2 Å². The van der Waals surface area contributed by atoms with Crippen molar-refractivity contribution in [2.45, 2.75) is 17.7 Å². The van der Waals surface area contributed by atoms with Gasteiger partial charge in [0.1, 0.15) is 10.6 Å². The molecule has 0 radical (unpaired) electrons. The van der Waals surface area contributed by atoms with Crippen molar-refractivity contribution in [1.29, 1.82) is 0 Å². The predicted octanol–water partition coefficient (Wildman–Crippen LogP) is 3.67. The second-order valence-corrected chi connectivity index (χ2v) is 9.12. The van der Waals surface area contributed by atoms with E-state index in [2.05, 4.69) is 15.9 Å². The summed E-state index contributed by atoms with van der Waals surface area (Å²) >= 11 is 3.25. The number of anilines is 1. The average molecular weight is 462 g/mol. The highest BCUT2D eigenvalue weighted by Crippen LogP contribution is 2.38. The van der Waals surface area contributed by atoms with Gasteiger partial charge in [0.15, 0.2) is 0 Å². The maximum absolute atomic E-state index is 12.7. The highest BCUT2D eigenvalue weighted by atomic mass is 79.9. The molecule has 2 atom stereocenters. The normalized spacial score (nSPS) is 21.7. The van der Waals surface area contributed by atoms with Gasteiger partial charge in [-0.15, -0.1) is 0 Å². The molecular formula is C20H16BrNO5S. The van der Waals surface area contributed by atoms with Crippen LogP contribution in [0.1, 0.15) is 12.8 Å². The number of nitrogens with zero attached hydrogens (tertiary/aromatic N) is 1. The van der Waals surface area contributed by atoms with Crippen molar-refractivity contribution in [2.75, 3.05) is 4.90 Å². The van der Waals surface area contributed by atoms with Gasteiger partial charge in [-0.1, -0.05) is 34.1 Å². The van der Waals surface area contributed by atoms with Crippen LogP contribution in [0.2, 0.25) is 0 Å². The smallest absolute Gasteiger partial charge is 0.339 e. The topological polar surface area (TPSA) is 80.8 Å². The summed E-state index contributed by atoms with van der Waals surface area (Å²) in [7, 11) is -4.04. The molecule has 2 aliphatic rings. The van der Waals surface area contributed by atoms with Crippen LogP contribution in [0.3, 0.4) is 0 Å². The lowest BCUT2D eigenvalue weighted by Crippen LogP contribution is -2.30. The second kappa shape index (κ2) is 7.18. The van der Waals surface area contributed by atoms with Crippen LogP contribution < -0.4 is 9.08 Å². The lowest BCUT2D eigenvalue weighted by atomic mass is 9.85. The van der Waals surface area contributed by atoms with Crippen molar-refractivity contribution in [2.24, 2.45) is 11.8 Å². The molecular weight excluding hydrogens is 446 g/mol. The Morgan fingerprint density at radius 3 is 2.14 bits per heavy atom. The number of halogens is 1. The summed E-state index contributed by atoms with van der Waals surface area (Å²) < 4.78 is 30.9. The van der Waals surface area contributed by atoms with E-state index in [0.717, 1.165) is 9.37 Å². The first-order chi connectivity index (χ1) is 13.4. The standard InChI is InChI=1S/C20H16BrNO5S/c21-13-8-10-16(11-9-13)28(25,26)27-15-5-3-4-14(12-15)22-19(23)17-6-1-2-7-18(17)20(22)24/h1-5,8-12,17-18H,6-7H2. The molecule has 0 N–H and O–H groups in total. The summed E-state index contributed by atoms with van der Waals surface area (Å²) in [6.07, 6.45) is 4.92. The molecule has 1 saturated heterocycles. The minimum Gasteiger partial charge on any atom is -0.379 e. The maximum atomic E-state index is 12.7. The zero-order chi connectivity index (χ0) is 19.9. The quantitative estimate of drug-likeness (QED) is 0.394. The lowest BCUT2D eigenvalue weighted by Gasteiger charge is -2.16. The highest BCUT2D eigenvalue weighted by Gasteiger charge is 2.47. The number of fused-ring (bicyclic) bond motifs is 1. The number of allylic oxidation sites excluding steroid dienone is 2. The van der Waals surface area contributed by atoms with Gasteiger partial charge in [-0.25, -0.2) is 4.90 Å². The molecule has 144 valence electrons. The Labute approximate surface area is 171 Å². The molecule has 0 bridgehead atoms. The highest BCUT2D eigenvalue weighted by molar-refractivity contribution is 9.10. The summed E-state index contributed by atoms with van der Waals surface area (Å²) in [5.74, 6) is -1.18. The number of rotatable bonds is 4. The first-order valence-electron chi connectivity index (χ1n) is 8.70. The van der Waals surface area contributed by atoms with Gasteiger partial charge in [0.2, 0.25) is 11.8 Å². The molecule has 1 aliphatic heterocycles. The van der Waals surface area contributed by atoms with Gasteiger partial charge in [-0.2, -0.15) is 8.42 Å². The van der Waals surface area contributed by atoms with Crippen molar-refractivity contribution >= 4 is 43.5 Å². The van der Waals surface area contributed by atoms with Crippen molar-refractivity contribution in [3.63, 3.8) is 0 Å². The minimum atomic E-state index is -4.04. The Morgan fingerprint density at radius 2 is 1.54 bits per heavy atom. The molecule has 2 aromatic carbocycles. The van der Waals surface area contributed by atoms with E-state index < -0.39 is 10.1 Å². The van der Waals surface area contributed by atoms with Crippen molar-refractivity contribution < 1.29 is 22.2 Å². The van der Waals surface area contributed by atoms with E-state index in [1.54, 1.807) is 24.3 Å². The minimum absolute atomic E-state index is 0.00604. The third kappa shape index (κ3) is 3.38. The SMILES string of the molecule is O=C1C2CC=CCC2C(=O)N1c1cccc(OS(=O)(=O)c2ccc(Br)cc2)c1. The first kappa shape index (κ1) is 18.9. The third-order valence-corrected chi connectivity index (χ3v) is 6.68. The fourth-order valence-corrected chi connectivity index (χ4v) is 4.69. The molecule has 6 nitrogen and oxygen atoms in total. The molecule has 28 heavy (non-hydrogen) atoms. The zero-order valence-corrected chi connectivity index (χ0v) is 17.0. The molecule has 1 heterocycles. The van der Waals surface area contributed by atoms with E-state index in [1.807, 2.05) is 12.2 Å². The number of benzene rings is 2. The van der Waals surface area contributed by atoms with Gasteiger partial charge in [-0.3, -0.25) is 9.59 Å².